The van der Waals surface area contributed by atoms with E-state index in [4.69, 9.17) is 0 Å². The zero-order valence-electron chi connectivity index (χ0n) is 5.37. The number of aliphatic hydroxyl groups is 1. The molecule has 0 radical (unpaired) electrons. The Labute approximate surface area is 68.0 Å². The third kappa shape index (κ3) is 1.78. The fourth-order valence-corrected chi connectivity index (χ4v) is 1.05. The molecule has 1 heterocycles. The Balaban J connectivity index is 2.75. The maximum Gasteiger partial charge on any atom is 0.0887 e. The van der Waals surface area contributed by atoms with Gasteiger partial charge in [-0.3, -0.25) is 4.98 Å². The van der Waals surface area contributed by atoms with Gasteiger partial charge in [-0.15, -0.1) is 0 Å². The quantitative estimate of drug-likeness (QED) is 0.737. The molecule has 1 aromatic rings. The molecular weight excluding hydrogens is 194 g/mol. The molecule has 0 saturated carbocycles. The van der Waals surface area contributed by atoms with Crippen LogP contribution in [0.3, 0.4) is 0 Å². The van der Waals surface area contributed by atoms with E-state index in [9.17, 15) is 5.11 Å². The number of hydrogen-bond donors (Lipinski definition) is 1. The second-order valence-electron chi connectivity index (χ2n) is 1.95. The molecule has 0 aromatic carbocycles. The smallest absolute Gasteiger partial charge is 0.0887 e. The Morgan fingerprint density at radius 2 is 2.10 bits per heavy atom. The van der Waals surface area contributed by atoms with E-state index in [1.54, 1.807) is 24.5 Å². The summed E-state index contributed by atoms with van der Waals surface area (Å²) in [6.07, 6.45) is 2.92. The number of pyridine rings is 1. The second-order valence-corrected chi connectivity index (χ2v) is 2.60. The standard InChI is InChI=1S/C7H8BrNO/c8-5-7(10)6-1-3-9-4-2-6/h1-4,7,10H,5H2/t7-/m0/s1. The molecule has 0 aliphatic carbocycles. The zero-order valence-corrected chi connectivity index (χ0v) is 6.95. The van der Waals surface area contributed by atoms with E-state index < -0.39 is 6.10 Å². The maximum absolute atomic E-state index is 9.25. The molecule has 1 N–H and O–H groups in total. The lowest BCUT2D eigenvalue weighted by Gasteiger charge is -2.04. The highest BCUT2D eigenvalue weighted by Crippen LogP contribution is 2.12. The van der Waals surface area contributed by atoms with Gasteiger partial charge in [-0.05, 0) is 17.7 Å². The molecule has 10 heavy (non-hydrogen) atoms. The van der Waals surface area contributed by atoms with E-state index in [1.165, 1.54) is 0 Å². The van der Waals surface area contributed by atoms with Gasteiger partial charge in [-0.25, -0.2) is 0 Å². The van der Waals surface area contributed by atoms with Gasteiger partial charge in [0, 0.05) is 17.7 Å². The van der Waals surface area contributed by atoms with E-state index >= 15 is 0 Å². The SMILES string of the molecule is O[C@@H](CBr)c1ccncc1. The van der Waals surface area contributed by atoms with Crippen molar-refractivity contribution in [2.75, 3.05) is 5.33 Å². The van der Waals surface area contributed by atoms with Crippen LogP contribution in [-0.2, 0) is 0 Å². The molecule has 0 unspecified atom stereocenters. The van der Waals surface area contributed by atoms with Gasteiger partial charge in [0.05, 0.1) is 6.10 Å². The molecule has 3 heteroatoms. The summed E-state index contributed by atoms with van der Waals surface area (Å²) >= 11 is 3.18. The predicted octanol–water partition coefficient (Wildman–Crippen LogP) is 1.51. The molecule has 0 saturated heterocycles. The minimum atomic E-state index is -0.414. The molecule has 0 amide bonds. The van der Waals surface area contributed by atoms with E-state index in [0.717, 1.165) is 5.56 Å². The first kappa shape index (κ1) is 7.69. The first-order valence-electron chi connectivity index (χ1n) is 2.98. The van der Waals surface area contributed by atoms with Crippen molar-refractivity contribution in [3.63, 3.8) is 0 Å². The summed E-state index contributed by atoms with van der Waals surface area (Å²) in [4.78, 5) is 3.84. The van der Waals surface area contributed by atoms with Crippen molar-refractivity contribution in [1.82, 2.24) is 4.98 Å². The van der Waals surface area contributed by atoms with Gasteiger partial charge in [0.25, 0.3) is 0 Å². The monoisotopic (exact) mass is 201 g/mol. The molecule has 0 bridgehead atoms. The van der Waals surface area contributed by atoms with Crippen molar-refractivity contribution in [1.29, 1.82) is 0 Å². The summed E-state index contributed by atoms with van der Waals surface area (Å²) < 4.78 is 0. The molecule has 0 fully saturated rings. The number of halogens is 1. The largest absolute Gasteiger partial charge is 0.388 e. The average Bonchev–Trinajstić information content (AvgIpc) is 2.05. The van der Waals surface area contributed by atoms with Crippen LogP contribution in [0.2, 0.25) is 0 Å². The molecule has 1 atom stereocenters. The molecule has 0 aliphatic heterocycles. The van der Waals surface area contributed by atoms with Crippen LogP contribution >= 0.6 is 15.9 Å². The van der Waals surface area contributed by atoms with Gasteiger partial charge in [-0.2, -0.15) is 0 Å². The lowest BCUT2D eigenvalue weighted by Crippen LogP contribution is -1.97. The fourth-order valence-electron chi connectivity index (χ4n) is 0.675. The Kier molecular flexibility index (Phi) is 2.83. The van der Waals surface area contributed by atoms with Crippen LogP contribution in [0.4, 0.5) is 0 Å². The van der Waals surface area contributed by atoms with Crippen molar-refractivity contribution >= 4 is 15.9 Å². The summed E-state index contributed by atoms with van der Waals surface area (Å²) in [7, 11) is 0. The van der Waals surface area contributed by atoms with Gasteiger partial charge in [0.15, 0.2) is 0 Å². The first-order valence-corrected chi connectivity index (χ1v) is 4.10. The topological polar surface area (TPSA) is 33.1 Å². The summed E-state index contributed by atoms with van der Waals surface area (Å²) in [6, 6.07) is 3.60. The lowest BCUT2D eigenvalue weighted by molar-refractivity contribution is 0.205. The van der Waals surface area contributed by atoms with E-state index in [1.807, 2.05) is 0 Å². The van der Waals surface area contributed by atoms with Gasteiger partial charge in [-0.1, -0.05) is 15.9 Å². The van der Waals surface area contributed by atoms with Crippen LogP contribution in [0.5, 0.6) is 0 Å². The molecular formula is C7H8BrNO. The van der Waals surface area contributed by atoms with Crippen molar-refractivity contribution in [3.05, 3.63) is 30.1 Å². The fraction of sp³-hybridized carbons (Fsp3) is 0.286. The lowest BCUT2D eigenvalue weighted by atomic mass is 10.2. The van der Waals surface area contributed by atoms with Crippen LogP contribution in [0.15, 0.2) is 24.5 Å². The van der Waals surface area contributed by atoms with Crippen molar-refractivity contribution in [3.8, 4) is 0 Å². The van der Waals surface area contributed by atoms with Crippen LogP contribution < -0.4 is 0 Å². The Bertz CT molecular complexity index is 190. The van der Waals surface area contributed by atoms with Crippen LogP contribution in [0, 0.1) is 0 Å². The third-order valence-electron chi connectivity index (χ3n) is 1.24. The molecule has 2 nitrogen and oxygen atoms in total. The van der Waals surface area contributed by atoms with Gasteiger partial charge < -0.3 is 5.11 Å². The highest BCUT2D eigenvalue weighted by Gasteiger charge is 2.02. The predicted molar refractivity (Wildman–Crippen MR) is 43.0 cm³/mol. The molecule has 1 aromatic heterocycles. The Hall–Kier alpha value is -0.410. The zero-order chi connectivity index (χ0) is 7.40. The number of alkyl halides is 1. The molecule has 54 valence electrons. The van der Waals surface area contributed by atoms with Gasteiger partial charge in [0.2, 0.25) is 0 Å². The summed E-state index contributed by atoms with van der Waals surface area (Å²) in [5.41, 5.74) is 0.895. The Morgan fingerprint density at radius 1 is 1.50 bits per heavy atom. The summed E-state index contributed by atoms with van der Waals surface area (Å²) in [5, 5.41) is 9.82. The third-order valence-corrected chi connectivity index (χ3v) is 1.85. The van der Waals surface area contributed by atoms with E-state index in [0.29, 0.717) is 5.33 Å². The van der Waals surface area contributed by atoms with Crippen molar-refractivity contribution in [2.24, 2.45) is 0 Å². The minimum absolute atomic E-state index is 0.414. The maximum atomic E-state index is 9.25. The molecule has 0 spiro atoms. The first-order chi connectivity index (χ1) is 4.84. The van der Waals surface area contributed by atoms with Crippen LogP contribution in [0.1, 0.15) is 11.7 Å². The average molecular weight is 202 g/mol. The van der Waals surface area contributed by atoms with Gasteiger partial charge >= 0.3 is 0 Å². The number of nitrogens with zero attached hydrogens (tertiary/aromatic N) is 1. The van der Waals surface area contributed by atoms with Crippen molar-refractivity contribution in [2.45, 2.75) is 6.10 Å². The Morgan fingerprint density at radius 3 is 2.60 bits per heavy atom. The van der Waals surface area contributed by atoms with E-state index in [-0.39, 0.29) is 0 Å². The van der Waals surface area contributed by atoms with Crippen LogP contribution in [0.25, 0.3) is 0 Å². The highest BCUT2D eigenvalue weighted by molar-refractivity contribution is 9.09. The normalized spacial score (nSPS) is 13.0. The summed E-state index contributed by atoms with van der Waals surface area (Å²) in [5.74, 6) is 0. The second kappa shape index (κ2) is 3.68. The molecule has 1 rings (SSSR count). The van der Waals surface area contributed by atoms with Crippen LogP contribution in [-0.4, -0.2) is 15.4 Å². The number of aromatic nitrogens is 1. The highest BCUT2D eigenvalue weighted by atomic mass is 79.9. The number of hydrogen-bond acceptors (Lipinski definition) is 2. The number of aliphatic hydroxyl groups excluding tert-OH is 1. The van der Waals surface area contributed by atoms with Crippen molar-refractivity contribution < 1.29 is 5.11 Å². The summed E-state index contributed by atoms with van der Waals surface area (Å²) in [6.45, 7) is 0. The van der Waals surface area contributed by atoms with E-state index in [2.05, 4.69) is 20.9 Å². The minimum Gasteiger partial charge on any atom is -0.388 e. The molecule has 0 aliphatic rings. The van der Waals surface area contributed by atoms with Gasteiger partial charge in [0.1, 0.15) is 0 Å². The number of rotatable bonds is 2.